The van der Waals surface area contributed by atoms with Gasteiger partial charge in [-0.3, -0.25) is 0 Å². The Morgan fingerprint density at radius 3 is 2.64 bits per heavy atom. The van der Waals surface area contributed by atoms with E-state index in [1.807, 2.05) is 0 Å². The maximum absolute atomic E-state index is 5.66. The fraction of sp³-hybridized carbons (Fsp3) is 1.00. The van der Waals surface area contributed by atoms with Crippen LogP contribution in [0.1, 0.15) is 45.4 Å². The van der Waals surface area contributed by atoms with Crippen molar-refractivity contribution in [2.24, 2.45) is 0 Å². The van der Waals surface area contributed by atoms with Crippen LogP contribution in [0.4, 0.5) is 0 Å². The molecule has 0 aromatic rings. The van der Waals surface area contributed by atoms with E-state index in [4.69, 9.17) is 4.43 Å². The Labute approximate surface area is 72.5 Å². The van der Waals surface area contributed by atoms with Crippen LogP contribution in [-0.2, 0) is 4.43 Å². The first-order valence-electron chi connectivity index (χ1n) is 5.01. The molecule has 11 heavy (non-hydrogen) atoms. The van der Waals surface area contributed by atoms with Gasteiger partial charge in [0.1, 0.15) is 0 Å². The van der Waals surface area contributed by atoms with Gasteiger partial charge in [0.2, 0.25) is 0 Å². The predicted molar refractivity (Wildman–Crippen MR) is 51.6 cm³/mol. The highest BCUT2D eigenvalue weighted by Gasteiger charge is 2.13. The zero-order chi connectivity index (χ0) is 7.94. The van der Waals surface area contributed by atoms with E-state index in [1.165, 1.54) is 38.5 Å². The van der Waals surface area contributed by atoms with Crippen LogP contribution in [0.3, 0.4) is 0 Å². The van der Waals surface area contributed by atoms with Crippen LogP contribution in [0, 0.1) is 0 Å². The molecular formula is C9H20OSi. The molecule has 1 saturated carbocycles. The average Bonchev–Trinajstić information content (AvgIpc) is 2.07. The van der Waals surface area contributed by atoms with Gasteiger partial charge < -0.3 is 4.43 Å². The maximum Gasteiger partial charge on any atom is 0.164 e. The second-order valence-corrected chi connectivity index (χ2v) is 5.48. The van der Waals surface area contributed by atoms with Crippen LogP contribution in [0.5, 0.6) is 0 Å². The number of hydrogen-bond acceptors (Lipinski definition) is 1. The van der Waals surface area contributed by atoms with Crippen LogP contribution in [0.15, 0.2) is 0 Å². The molecule has 0 radical (unpaired) electrons. The summed E-state index contributed by atoms with van der Waals surface area (Å²) in [4.78, 5) is 0. The molecule has 0 unspecified atom stereocenters. The van der Waals surface area contributed by atoms with Crippen molar-refractivity contribution >= 4 is 9.76 Å². The minimum atomic E-state index is -0.145. The largest absolute Gasteiger partial charge is 0.424 e. The van der Waals surface area contributed by atoms with Crippen molar-refractivity contribution in [1.29, 1.82) is 0 Å². The van der Waals surface area contributed by atoms with Crippen LogP contribution >= 0.6 is 0 Å². The molecule has 0 bridgehead atoms. The summed E-state index contributed by atoms with van der Waals surface area (Å²) < 4.78 is 5.66. The van der Waals surface area contributed by atoms with Gasteiger partial charge in [-0.15, -0.1) is 0 Å². The molecule has 1 fully saturated rings. The van der Waals surface area contributed by atoms with Crippen LogP contribution < -0.4 is 0 Å². The molecule has 1 aliphatic rings. The summed E-state index contributed by atoms with van der Waals surface area (Å²) in [5.41, 5.74) is 1.02. The lowest BCUT2D eigenvalue weighted by molar-refractivity contribution is 0.318. The van der Waals surface area contributed by atoms with Gasteiger partial charge in [0.15, 0.2) is 9.76 Å². The Morgan fingerprint density at radius 2 is 2.00 bits per heavy atom. The first-order chi connectivity index (χ1) is 5.43. The highest BCUT2D eigenvalue weighted by Crippen LogP contribution is 2.27. The molecule has 1 aliphatic carbocycles. The third kappa shape index (κ3) is 3.92. The van der Waals surface area contributed by atoms with Gasteiger partial charge in [-0.1, -0.05) is 39.0 Å². The first kappa shape index (κ1) is 9.27. The Bertz CT molecular complexity index is 89.6. The van der Waals surface area contributed by atoms with E-state index in [0.29, 0.717) is 0 Å². The summed E-state index contributed by atoms with van der Waals surface area (Å²) in [5, 5.41) is 0. The molecule has 0 aromatic heterocycles. The molecule has 0 aromatic carbocycles. The minimum Gasteiger partial charge on any atom is -0.424 e. The fourth-order valence-electron chi connectivity index (χ4n) is 1.75. The van der Waals surface area contributed by atoms with Crippen molar-refractivity contribution < 1.29 is 4.43 Å². The summed E-state index contributed by atoms with van der Waals surface area (Å²) >= 11 is 0. The molecule has 0 spiro atoms. The van der Waals surface area contributed by atoms with Gasteiger partial charge >= 0.3 is 0 Å². The van der Waals surface area contributed by atoms with Crippen LogP contribution in [0.25, 0.3) is 0 Å². The Balaban J connectivity index is 1.96. The highest BCUT2D eigenvalue weighted by atomic mass is 28.2. The fourth-order valence-corrected chi connectivity index (χ4v) is 3.45. The lowest BCUT2D eigenvalue weighted by Gasteiger charge is -2.20. The lowest BCUT2D eigenvalue weighted by atomic mass is 10.0. The van der Waals surface area contributed by atoms with Gasteiger partial charge in [-0.05, 0) is 12.0 Å². The quantitative estimate of drug-likeness (QED) is 0.467. The third-order valence-corrected chi connectivity index (χ3v) is 4.24. The predicted octanol–water partition coefficient (Wildman–Crippen LogP) is 2.25. The number of rotatable bonds is 4. The molecule has 0 amide bonds. The Kier molecular flexibility index (Phi) is 4.87. The SMILES string of the molecule is CCCO[SiH2]C1CCCCC1. The normalized spacial score (nSPS) is 21.5. The van der Waals surface area contributed by atoms with E-state index in [0.717, 1.165) is 12.1 Å². The van der Waals surface area contributed by atoms with Gasteiger partial charge in [0, 0.05) is 6.61 Å². The Morgan fingerprint density at radius 1 is 1.27 bits per heavy atom. The molecule has 2 heteroatoms. The molecule has 0 saturated heterocycles. The second-order valence-electron chi connectivity index (χ2n) is 3.58. The third-order valence-electron chi connectivity index (χ3n) is 2.43. The van der Waals surface area contributed by atoms with Gasteiger partial charge in [0.25, 0.3) is 0 Å². The summed E-state index contributed by atoms with van der Waals surface area (Å²) in [6.45, 7) is 3.21. The van der Waals surface area contributed by atoms with E-state index in [9.17, 15) is 0 Å². The van der Waals surface area contributed by atoms with E-state index in [-0.39, 0.29) is 9.76 Å². The summed E-state index contributed by atoms with van der Waals surface area (Å²) in [7, 11) is -0.145. The van der Waals surface area contributed by atoms with Crippen LogP contribution in [0.2, 0.25) is 5.54 Å². The van der Waals surface area contributed by atoms with Crippen LogP contribution in [-0.4, -0.2) is 16.4 Å². The molecule has 1 rings (SSSR count). The van der Waals surface area contributed by atoms with E-state index in [2.05, 4.69) is 6.92 Å². The van der Waals surface area contributed by atoms with Crippen molar-refractivity contribution in [3.63, 3.8) is 0 Å². The second kappa shape index (κ2) is 5.78. The maximum atomic E-state index is 5.66. The van der Waals surface area contributed by atoms with Crippen molar-refractivity contribution in [2.75, 3.05) is 6.61 Å². The topological polar surface area (TPSA) is 9.23 Å². The first-order valence-corrected chi connectivity index (χ1v) is 6.40. The van der Waals surface area contributed by atoms with Gasteiger partial charge in [-0.25, -0.2) is 0 Å². The van der Waals surface area contributed by atoms with E-state index < -0.39 is 0 Å². The molecule has 0 aliphatic heterocycles. The molecule has 0 N–H and O–H groups in total. The molecule has 0 heterocycles. The van der Waals surface area contributed by atoms with Gasteiger partial charge in [-0.2, -0.15) is 0 Å². The van der Waals surface area contributed by atoms with Crippen molar-refractivity contribution in [3.05, 3.63) is 0 Å². The molecule has 1 nitrogen and oxygen atoms in total. The lowest BCUT2D eigenvalue weighted by Crippen LogP contribution is -2.12. The summed E-state index contributed by atoms with van der Waals surface area (Å²) in [5.74, 6) is 0. The molecular weight excluding hydrogens is 152 g/mol. The summed E-state index contributed by atoms with van der Waals surface area (Å²) in [6.07, 6.45) is 8.53. The summed E-state index contributed by atoms with van der Waals surface area (Å²) in [6, 6.07) is 0. The minimum absolute atomic E-state index is 0.145. The Hall–Kier alpha value is 0.177. The zero-order valence-electron chi connectivity index (χ0n) is 7.64. The standard InChI is InChI=1S/C9H20OSi/c1-2-8-10-11-9-6-4-3-5-7-9/h9H,2-8,11H2,1H3. The molecule has 66 valence electrons. The van der Waals surface area contributed by atoms with Crippen molar-refractivity contribution in [1.82, 2.24) is 0 Å². The van der Waals surface area contributed by atoms with Crippen molar-refractivity contribution in [2.45, 2.75) is 51.0 Å². The monoisotopic (exact) mass is 172 g/mol. The molecule has 0 atom stereocenters. The van der Waals surface area contributed by atoms with Crippen molar-refractivity contribution in [3.8, 4) is 0 Å². The van der Waals surface area contributed by atoms with E-state index in [1.54, 1.807) is 0 Å². The smallest absolute Gasteiger partial charge is 0.164 e. The van der Waals surface area contributed by atoms with E-state index >= 15 is 0 Å². The average molecular weight is 172 g/mol. The number of hydrogen-bond donors (Lipinski definition) is 0. The van der Waals surface area contributed by atoms with Gasteiger partial charge in [0.05, 0.1) is 0 Å². The highest BCUT2D eigenvalue weighted by molar-refractivity contribution is 6.29. The zero-order valence-corrected chi connectivity index (χ0v) is 9.06.